The highest BCUT2D eigenvalue weighted by Crippen LogP contribution is 2.30. The molecule has 33 heavy (non-hydrogen) atoms. The van der Waals surface area contributed by atoms with Crippen molar-refractivity contribution in [1.29, 1.82) is 0 Å². The van der Waals surface area contributed by atoms with E-state index in [9.17, 15) is 19.7 Å². The first-order valence-electron chi connectivity index (χ1n) is 10.5. The Morgan fingerprint density at radius 3 is 2.61 bits per heavy atom. The number of nitro groups is 1. The van der Waals surface area contributed by atoms with Crippen molar-refractivity contribution in [2.24, 2.45) is 0 Å². The molecule has 2 aromatic carbocycles. The molecule has 0 radical (unpaired) electrons. The van der Waals surface area contributed by atoms with Crippen molar-refractivity contribution in [3.05, 3.63) is 63.2 Å². The van der Waals surface area contributed by atoms with Gasteiger partial charge in [-0.2, -0.15) is 0 Å². The fourth-order valence-corrected chi connectivity index (χ4v) is 3.25. The van der Waals surface area contributed by atoms with Crippen LogP contribution in [0.3, 0.4) is 0 Å². The molecule has 0 aromatic heterocycles. The molecule has 0 aliphatic heterocycles. The maximum Gasteiger partial charge on any atom is 0.311 e. The van der Waals surface area contributed by atoms with Crippen molar-refractivity contribution in [3.8, 4) is 11.5 Å². The van der Waals surface area contributed by atoms with Gasteiger partial charge in [0.05, 0.1) is 12.0 Å². The molecule has 1 N–H and O–H groups in total. The van der Waals surface area contributed by atoms with Crippen molar-refractivity contribution < 1.29 is 24.0 Å². The van der Waals surface area contributed by atoms with Crippen LogP contribution in [0.5, 0.6) is 11.5 Å². The number of amides is 2. The van der Waals surface area contributed by atoms with Gasteiger partial charge in [0.2, 0.25) is 11.7 Å². The summed E-state index contributed by atoms with van der Waals surface area (Å²) in [6, 6.07) is 10.3. The zero-order valence-corrected chi connectivity index (χ0v) is 19.6. The van der Waals surface area contributed by atoms with E-state index in [4.69, 9.17) is 21.1 Å². The molecule has 0 aliphatic carbocycles. The van der Waals surface area contributed by atoms with Gasteiger partial charge >= 0.3 is 5.69 Å². The normalized spacial score (nSPS) is 11.4. The lowest BCUT2D eigenvalue weighted by Crippen LogP contribution is -2.49. The number of carbonyl (C=O) groups is 2. The average molecular weight is 478 g/mol. The summed E-state index contributed by atoms with van der Waals surface area (Å²) in [4.78, 5) is 37.6. The molecule has 0 spiro atoms. The zero-order chi connectivity index (χ0) is 24.4. The van der Waals surface area contributed by atoms with Crippen molar-refractivity contribution in [2.45, 2.75) is 39.3 Å². The van der Waals surface area contributed by atoms with Crippen LogP contribution < -0.4 is 14.8 Å². The Bertz CT molecular complexity index is 984. The number of halogens is 1. The number of hydrogen-bond acceptors (Lipinski definition) is 6. The second kappa shape index (κ2) is 12.6. The number of benzene rings is 2. The molecular weight excluding hydrogens is 450 g/mol. The summed E-state index contributed by atoms with van der Waals surface area (Å²) >= 11 is 6.27. The van der Waals surface area contributed by atoms with Gasteiger partial charge in [-0.15, -0.1) is 0 Å². The minimum absolute atomic E-state index is 0.0153. The fourth-order valence-electron chi connectivity index (χ4n) is 3.06. The zero-order valence-electron chi connectivity index (χ0n) is 18.9. The topological polar surface area (TPSA) is 111 Å². The molecule has 0 heterocycles. The molecular formula is C23H28ClN3O6. The van der Waals surface area contributed by atoms with Gasteiger partial charge in [-0.05, 0) is 31.0 Å². The first kappa shape index (κ1) is 25.9. The van der Waals surface area contributed by atoms with Gasteiger partial charge in [-0.3, -0.25) is 19.7 Å². The number of carbonyl (C=O) groups excluding carboxylic acids is 2. The van der Waals surface area contributed by atoms with Gasteiger partial charge in [-0.1, -0.05) is 43.1 Å². The van der Waals surface area contributed by atoms with E-state index in [1.165, 1.54) is 30.2 Å². The SMILES string of the molecule is CCCCNC(=O)[C@@H](C)N(Cc1ccccc1Cl)C(=O)COc1ccc([N+](=O)[O-])c(OC)c1. The predicted octanol–water partition coefficient (Wildman–Crippen LogP) is 3.97. The van der Waals surface area contributed by atoms with Gasteiger partial charge < -0.3 is 19.7 Å². The molecule has 2 rings (SSSR count). The number of rotatable bonds is 12. The molecule has 9 nitrogen and oxygen atoms in total. The number of nitro benzene ring substituents is 1. The summed E-state index contributed by atoms with van der Waals surface area (Å²) in [6.07, 6.45) is 1.77. The summed E-state index contributed by atoms with van der Waals surface area (Å²) in [5, 5.41) is 14.4. The Kier molecular flexibility index (Phi) is 9.93. The lowest BCUT2D eigenvalue weighted by molar-refractivity contribution is -0.385. The van der Waals surface area contributed by atoms with Crippen molar-refractivity contribution in [2.75, 3.05) is 20.3 Å². The van der Waals surface area contributed by atoms with Crippen LogP contribution in [-0.2, 0) is 16.1 Å². The van der Waals surface area contributed by atoms with Crippen LogP contribution in [0.15, 0.2) is 42.5 Å². The highest BCUT2D eigenvalue weighted by atomic mass is 35.5. The quantitative estimate of drug-likeness (QED) is 0.281. The number of unbranched alkanes of at least 4 members (excludes halogenated alkanes) is 1. The van der Waals surface area contributed by atoms with Crippen LogP contribution in [0.25, 0.3) is 0 Å². The number of ether oxygens (including phenoxy) is 2. The van der Waals surface area contributed by atoms with Gasteiger partial charge in [0, 0.05) is 30.2 Å². The molecule has 0 saturated carbocycles. The van der Waals surface area contributed by atoms with E-state index in [0.29, 0.717) is 17.1 Å². The summed E-state index contributed by atoms with van der Waals surface area (Å²) in [5.41, 5.74) is 0.478. The van der Waals surface area contributed by atoms with Gasteiger partial charge in [0.1, 0.15) is 11.8 Å². The Morgan fingerprint density at radius 2 is 1.97 bits per heavy atom. The minimum Gasteiger partial charge on any atom is -0.490 e. The lowest BCUT2D eigenvalue weighted by Gasteiger charge is -2.29. The molecule has 0 saturated heterocycles. The van der Waals surface area contributed by atoms with Gasteiger partial charge in [0.25, 0.3) is 5.91 Å². The highest BCUT2D eigenvalue weighted by Gasteiger charge is 2.27. The minimum atomic E-state index is -0.763. The molecule has 178 valence electrons. The highest BCUT2D eigenvalue weighted by molar-refractivity contribution is 6.31. The smallest absolute Gasteiger partial charge is 0.311 e. The summed E-state index contributed by atoms with van der Waals surface area (Å²) in [6.45, 7) is 3.93. The van der Waals surface area contributed by atoms with Crippen LogP contribution >= 0.6 is 11.6 Å². The Balaban J connectivity index is 2.18. The monoisotopic (exact) mass is 477 g/mol. The molecule has 0 fully saturated rings. The first-order valence-corrected chi connectivity index (χ1v) is 10.9. The molecule has 10 heteroatoms. The standard InChI is InChI=1S/C23H28ClN3O6/c1-4-5-12-25-23(29)16(2)26(14-17-8-6-7-9-19(17)24)22(28)15-33-18-10-11-20(27(30)31)21(13-18)32-3/h6-11,13,16H,4-5,12,14-15H2,1-3H3,(H,25,29)/t16-/m1/s1. The molecule has 2 aromatic rings. The van der Waals surface area contributed by atoms with Gasteiger partial charge in [0.15, 0.2) is 6.61 Å². The molecule has 2 amide bonds. The van der Waals surface area contributed by atoms with Crippen LogP contribution in [0.1, 0.15) is 32.3 Å². The fraction of sp³-hybridized carbons (Fsp3) is 0.391. The Morgan fingerprint density at radius 1 is 1.24 bits per heavy atom. The molecule has 0 unspecified atom stereocenters. The predicted molar refractivity (Wildman–Crippen MR) is 125 cm³/mol. The van der Waals surface area contributed by atoms with E-state index in [1.54, 1.807) is 31.2 Å². The van der Waals surface area contributed by atoms with Crippen molar-refractivity contribution in [3.63, 3.8) is 0 Å². The van der Waals surface area contributed by atoms with Crippen LogP contribution in [-0.4, -0.2) is 47.9 Å². The number of hydrogen-bond donors (Lipinski definition) is 1. The van der Waals surface area contributed by atoms with Crippen molar-refractivity contribution >= 4 is 29.1 Å². The third kappa shape index (κ3) is 7.35. The third-order valence-corrected chi connectivity index (χ3v) is 5.37. The summed E-state index contributed by atoms with van der Waals surface area (Å²) in [5.74, 6) is -0.476. The maximum atomic E-state index is 13.1. The largest absolute Gasteiger partial charge is 0.490 e. The van der Waals surface area contributed by atoms with Crippen LogP contribution in [0.4, 0.5) is 5.69 Å². The Labute approximate surface area is 197 Å². The van der Waals surface area contributed by atoms with E-state index in [-0.39, 0.29) is 36.2 Å². The van der Waals surface area contributed by atoms with Crippen LogP contribution in [0, 0.1) is 10.1 Å². The van der Waals surface area contributed by atoms with Gasteiger partial charge in [-0.25, -0.2) is 0 Å². The second-order valence-corrected chi connectivity index (χ2v) is 7.72. The van der Waals surface area contributed by atoms with Crippen molar-refractivity contribution in [1.82, 2.24) is 10.2 Å². The molecule has 0 aliphatic rings. The lowest BCUT2D eigenvalue weighted by atomic mass is 10.1. The average Bonchev–Trinajstić information content (AvgIpc) is 2.81. The summed E-state index contributed by atoms with van der Waals surface area (Å²) in [7, 11) is 1.31. The molecule has 0 bridgehead atoms. The maximum absolute atomic E-state index is 13.1. The number of nitrogens with one attached hydrogen (secondary N) is 1. The second-order valence-electron chi connectivity index (χ2n) is 7.31. The molecule has 1 atom stereocenters. The van der Waals surface area contributed by atoms with Crippen LogP contribution in [0.2, 0.25) is 5.02 Å². The van der Waals surface area contributed by atoms with E-state index in [2.05, 4.69) is 5.32 Å². The van der Waals surface area contributed by atoms with E-state index >= 15 is 0 Å². The Hall–Kier alpha value is -3.33. The first-order chi connectivity index (χ1) is 15.8. The van der Waals surface area contributed by atoms with E-state index in [1.807, 2.05) is 6.92 Å². The number of methoxy groups -OCH3 is 1. The third-order valence-electron chi connectivity index (χ3n) is 5.01. The van der Waals surface area contributed by atoms with E-state index < -0.39 is 16.9 Å². The number of nitrogens with zero attached hydrogens (tertiary/aromatic N) is 2. The van der Waals surface area contributed by atoms with E-state index in [0.717, 1.165) is 12.8 Å². The summed E-state index contributed by atoms with van der Waals surface area (Å²) < 4.78 is 10.6.